The van der Waals surface area contributed by atoms with Gasteiger partial charge >= 0.3 is 6.18 Å². The number of hydrogen-bond acceptors (Lipinski definition) is 2. The monoisotopic (exact) mass is 381 g/mol. The van der Waals surface area contributed by atoms with Crippen LogP contribution in [0, 0.1) is 11.6 Å². The molecule has 1 amide bonds. The second-order valence-corrected chi connectivity index (χ2v) is 5.60. The Bertz CT molecular complexity index is 947. The minimum atomic E-state index is -4.87. The van der Waals surface area contributed by atoms with Gasteiger partial charge in [-0.1, -0.05) is 12.1 Å². The Morgan fingerprint density at radius 1 is 0.963 bits per heavy atom. The highest BCUT2D eigenvalue weighted by Gasteiger charge is 2.40. The number of aromatic nitrogens is 2. The van der Waals surface area contributed by atoms with Crippen molar-refractivity contribution >= 4 is 5.91 Å². The Balaban J connectivity index is 1.89. The zero-order chi connectivity index (χ0) is 19.6. The predicted octanol–water partition coefficient (Wildman–Crippen LogP) is 4.10. The summed E-state index contributed by atoms with van der Waals surface area (Å²) < 4.78 is 67.0. The zero-order valence-corrected chi connectivity index (χ0v) is 13.6. The van der Waals surface area contributed by atoms with Gasteiger partial charge in [0, 0.05) is 6.54 Å². The van der Waals surface area contributed by atoms with E-state index in [0.29, 0.717) is 10.2 Å². The second-order valence-electron chi connectivity index (χ2n) is 5.60. The van der Waals surface area contributed by atoms with Crippen LogP contribution in [0.15, 0.2) is 54.7 Å². The van der Waals surface area contributed by atoms with Crippen molar-refractivity contribution in [2.75, 3.05) is 0 Å². The average Bonchev–Trinajstić information content (AvgIpc) is 3.07. The van der Waals surface area contributed by atoms with Crippen molar-refractivity contribution in [3.8, 4) is 5.69 Å². The third kappa shape index (κ3) is 4.13. The number of halogens is 5. The fourth-order valence-electron chi connectivity index (χ4n) is 2.45. The Hall–Kier alpha value is -3.23. The Kier molecular flexibility index (Phi) is 4.93. The lowest BCUT2D eigenvalue weighted by Gasteiger charge is -2.13. The van der Waals surface area contributed by atoms with Crippen LogP contribution in [0.5, 0.6) is 0 Å². The topological polar surface area (TPSA) is 46.9 Å². The van der Waals surface area contributed by atoms with E-state index in [2.05, 4.69) is 10.4 Å². The van der Waals surface area contributed by atoms with E-state index >= 15 is 0 Å². The van der Waals surface area contributed by atoms with Gasteiger partial charge in [0.15, 0.2) is 5.69 Å². The molecule has 1 aromatic heterocycles. The molecule has 3 rings (SSSR count). The van der Waals surface area contributed by atoms with Gasteiger partial charge in [-0.3, -0.25) is 4.79 Å². The van der Waals surface area contributed by atoms with Crippen LogP contribution in [0.3, 0.4) is 0 Å². The third-order valence-corrected chi connectivity index (χ3v) is 3.72. The number of benzene rings is 2. The fraction of sp³-hybridized carbons (Fsp3) is 0.111. The van der Waals surface area contributed by atoms with Crippen molar-refractivity contribution in [3.63, 3.8) is 0 Å². The van der Waals surface area contributed by atoms with Gasteiger partial charge in [-0.05, 0) is 42.0 Å². The van der Waals surface area contributed by atoms with Crippen LogP contribution in [0.4, 0.5) is 22.0 Å². The first-order chi connectivity index (χ1) is 12.8. The fourth-order valence-corrected chi connectivity index (χ4v) is 2.45. The molecule has 0 saturated heterocycles. The predicted molar refractivity (Wildman–Crippen MR) is 86.1 cm³/mol. The highest BCUT2D eigenvalue weighted by molar-refractivity contribution is 5.95. The first-order valence-corrected chi connectivity index (χ1v) is 7.69. The van der Waals surface area contributed by atoms with Gasteiger partial charge in [0.2, 0.25) is 0 Å². The zero-order valence-electron chi connectivity index (χ0n) is 13.6. The molecule has 0 radical (unpaired) electrons. The van der Waals surface area contributed by atoms with E-state index in [1.54, 1.807) is 0 Å². The lowest BCUT2D eigenvalue weighted by molar-refractivity contribution is -0.143. The maximum absolute atomic E-state index is 13.5. The van der Waals surface area contributed by atoms with Crippen molar-refractivity contribution < 1.29 is 26.7 Å². The van der Waals surface area contributed by atoms with E-state index in [-0.39, 0.29) is 12.2 Å². The highest BCUT2D eigenvalue weighted by Crippen LogP contribution is 2.33. The molecule has 3 aromatic rings. The molecular weight excluding hydrogens is 369 g/mol. The molecule has 1 N–H and O–H groups in total. The minimum absolute atomic E-state index is 0.0405. The SMILES string of the molecule is O=C(NCc1ccc(F)cc1)c1cnn(-c2ccc(F)cc2)c1C(F)(F)F. The van der Waals surface area contributed by atoms with Crippen molar-refractivity contribution in [2.24, 2.45) is 0 Å². The summed E-state index contributed by atoms with van der Waals surface area (Å²) in [6, 6.07) is 9.39. The van der Waals surface area contributed by atoms with Crippen LogP contribution in [0.25, 0.3) is 5.69 Å². The molecule has 0 unspecified atom stereocenters. The van der Waals surface area contributed by atoms with E-state index < -0.39 is 35.0 Å². The minimum Gasteiger partial charge on any atom is -0.348 e. The lowest BCUT2D eigenvalue weighted by Crippen LogP contribution is -2.26. The smallest absolute Gasteiger partial charge is 0.348 e. The molecule has 1 heterocycles. The molecule has 0 spiro atoms. The summed E-state index contributed by atoms with van der Waals surface area (Å²) in [5.74, 6) is -2.07. The third-order valence-electron chi connectivity index (χ3n) is 3.72. The number of carbonyl (C=O) groups is 1. The summed E-state index contributed by atoms with van der Waals surface area (Å²) >= 11 is 0. The molecule has 4 nitrogen and oxygen atoms in total. The van der Waals surface area contributed by atoms with E-state index in [1.807, 2.05) is 0 Å². The molecule has 0 atom stereocenters. The van der Waals surface area contributed by atoms with Crippen LogP contribution in [-0.4, -0.2) is 15.7 Å². The molecule has 27 heavy (non-hydrogen) atoms. The Labute approximate surface area is 150 Å². The molecular formula is C18H12F5N3O. The van der Waals surface area contributed by atoms with Crippen molar-refractivity contribution in [3.05, 3.63) is 83.2 Å². The quantitative estimate of drug-likeness (QED) is 0.692. The number of nitrogens with one attached hydrogen (secondary N) is 1. The number of amides is 1. The molecule has 0 saturated carbocycles. The summed E-state index contributed by atoms with van der Waals surface area (Å²) in [5.41, 5.74) is -1.47. The molecule has 2 aromatic carbocycles. The van der Waals surface area contributed by atoms with Crippen LogP contribution in [-0.2, 0) is 12.7 Å². The Morgan fingerprint density at radius 3 is 2.07 bits per heavy atom. The van der Waals surface area contributed by atoms with Gasteiger partial charge in [-0.25, -0.2) is 13.5 Å². The Morgan fingerprint density at radius 2 is 1.52 bits per heavy atom. The molecule has 140 valence electrons. The summed E-state index contributed by atoms with van der Waals surface area (Å²) in [5, 5.41) is 5.98. The molecule has 0 bridgehead atoms. The lowest BCUT2D eigenvalue weighted by atomic mass is 10.2. The summed E-state index contributed by atoms with van der Waals surface area (Å²) in [7, 11) is 0. The van der Waals surface area contributed by atoms with Crippen molar-refractivity contribution in [2.45, 2.75) is 12.7 Å². The van der Waals surface area contributed by atoms with Crippen LogP contribution >= 0.6 is 0 Å². The summed E-state index contributed by atoms with van der Waals surface area (Å²) in [4.78, 5) is 12.3. The van der Waals surface area contributed by atoms with E-state index in [9.17, 15) is 26.7 Å². The van der Waals surface area contributed by atoms with Crippen molar-refractivity contribution in [1.29, 1.82) is 0 Å². The standard InChI is InChI=1S/C18H12F5N3O/c19-12-3-1-11(2-4-12)9-24-17(27)15-10-25-26(16(15)18(21,22)23)14-7-5-13(20)6-8-14/h1-8,10H,9H2,(H,24,27). The van der Waals surface area contributed by atoms with Crippen LogP contribution in [0.2, 0.25) is 0 Å². The van der Waals surface area contributed by atoms with Gasteiger partial charge in [0.05, 0.1) is 17.4 Å². The normalized spacial score (nSPS) is 11.4. The van der Waals surface area contributed by atoms with Gasteiger partial charge < -0.3 is 5.32 Å². The molecule has 0 fully saturated rings. The van der Waals surface area contributed by atoms with E-state index in [0.717, 1.165) is 30.5 Å². The number of alkyl halides is 3. The van der Waals surface area contributed by atoms with Gasteiger partial charge in [0.1, 0.15) is 11.6 Å². The maximum atomic E-state index is 13.5. The molecule has 0 aliphatic heterocycles. The molecule has 0 aliphatic rings. The average molecular weight is 381 g/mol. The van der Waals surface area contributed by atoms with E-state index in [4.69, 9.17) is 0 Å². The first kappa shape index (κ1) is 18.6. The van der Waals surface area contributed by atoms with E-state index in [1.165, 1.54) is 24.3 Å². The molecule has 0 aliphatic carbocycles. The number of hydrogen-bond donors (Lipinski definition) is 1. The highest BCUT2D eigenvalue weighted by atomic mass is 19.4. The first-order valence-electron chi connectivity index (χ1n) is 7.69. The number of nitrogens with zero attached hydrogens (tertiary/aromatic N) is 2. The summed E-state index contributed by atoms with van der Waals surface area (Å²) in [6.45, 7) is -0.0852. The van der Waals surface area contributed by atoms with Crippen LogP contribution in [0.1, 0.15) is 21.6 Å². The van der Waals surface area contributed by atoms with Gasteiger partial charge in [-0.15, -0.1) is 0 Å². The number of carbonyl (C=O) groups excluding carboxylic acids is 1. The summed E-state index contributed by atoms with van der Waals surface area (Å²) in [6.07, 6.45) is -4.07. The van der Waals surface area contributed by atoms with Crippen LogP contribution < -0.4 is 5.32 Å². The van der Waals surface area contributed by atoms with Gasteiger partial charge in [-0.2, -0.15) is 18.3 Å². The maximum Gasteiger partial charge on any atom is 0.434 e. The largest absolute Gasteiger partial charge is 0.434 e. The molecule has 9 heteroatoms. The van der Waals surface area contributed by atoms with Crippen molar-refractivity contribution in [1.82, 2.24) is 15.1 Å². The van der Waals surface area contributed by atoms with Gasteiger partial charge in [0.25, 0.3) is 5.91 Å². The second kappa shape index (κ2) is 7.18. The number of rotatable bonds is 4.